The molecular formula is C55H66O7. The summed E-state index contributed by atoms with van der Waals surface area (Å²) in [6.45, 7) is 4.27. The summed E-state index contributed by atoms with van der Waals surface area (Å²) in [6.07, 6.45) is 16.5. The number of phenolic OH excluding ortho intramolecular Hbond substituents is 1. The molecule has 2 fully saturated rings. The third-order valence-corrected chi connectivity index (χ3v) is 12.9. The van der Waals surface area contributed by atoms with Gasteiger partial charge in [-0.15, -0.1) is 11.8 Å². The molecule has 0 amide bonds. The van der Waals surface area contributed by atoms with E-state index in [-0.39, 0.29) is 56.4 Å². The van der Waals surface area contributed by atoms with Crippen LogP contribution in [0.3, 0.4) is 0 Å². The summed E-state index contributed by atoms with van der Waals surface area (Å²) in [7, 11) is 2.76. The number of benzene rings is 4. The van der Waals surface area contributed by atoms with Gasteiger partial charge in [-0.1, -0.05) is 92.8 Å². The molecule has 4 aliphatic rings. The summed E-state index contributed by atoms with van der Waals surface area (Å²) < 4.78 is 15.5. The second-order valence-corrected chi connectivity index (χ2v) is 17.0. The minimum Gasteiger partial charge on any atom is -0.508 e. The Kier molecular flexibility index (Phi) is 17.3. The molecule has 0 unspecified atom stereocenters. The van der Waals surface area contributed by atoms with Crippen molar-refractivity contribution in [2.45, 2.75) is 147 Å². The zero-order valence-corrected chi connectivity index (χ0v) is 36.5. The number of carbonyl (C=O) groups excluding carboxylic acids is 2. The number of aliphatic hydroxyl groups is 1. The highest BCUT2D eigenvalue weighted by Gasteiger charge is 2.46. The summed E-state index contributed by atoms with van der Waals surface area (Å²) in [6, 6.07) is 28.1. The van der Waals surface area contributed by atoms with Gasteiger partial charge in [0.2, 0.25) is 0 Å². The number of fused-ring (bicyclic) bond motifs is 4. The predicted octanol–water partition coefficient (Wildman–Crippen LogP) is 11.3. The van der Waals surface area contributed by atoms with Crippen molar-refractivity contribution in [3.8, 4) is 35.2 Å². The number of aliphatic hydroxyl groups excluding tert-OH is 1. The van der Waals surface area contributed by atoms with Crippen LogP contribution in [0.4, 0.5) is 0 Å². The fourth-order valence-corrected chi connectivity index (χ4v) is 9.05. The van der Waals surface area contributed by atoms with Crippen LogP contribution in [-0.4, -0.2) is 36.4 Å². The van der Waals surface area contributed by atoms with Crippen LogP contribution in [0, 0.1) is 23.7 Å². The smallest absolute Gasteiger partial charge is 0.307 e. The Morgan fingerprint density at radius 1 is 0.629 bits per heavy atom. The van der Waals surface area contributed by atoms with Gasteiger partial charge in [0.25, 0.3) is 0 Å². The first-order valence-electron chi connectivity index (χ1n) is 22.0. The van der Waals surface area contributed by atoms with Gasteiger partial charge in [0.15, 0.2) is 0 Å². The minimum atomic E-state index is -0.291. The van der Waals surface area contributed by atoms with Gasteiger partial charge in [-0.25, -0.2) is 0 Å². The number of hydrogen-bond acceptors (Lipinski definition) is 7. The fraction of sp³-hybridized carbons (Fsp3) is 0.455. The SMILES string of the molecule is C.CC#C[C@@H](CC(=O)OC)c1ccc(O)cc1.CC#C[C@@H](CC(=O)OC)c1ccc(OCc2ccc3c(c2)C2(CCCC3)CC2)cc1.OCc1ccc2c(c1)C1(CCCC2)CC1. The Labute approximate surface area is 370 Å². The highest BCUT2D eigenvalue weighted by atomic mass is 16.5. The summed E-state index contributed by atoms with van der Waals surface area (Å²) >= 11 is 0. The van der Waals surface area contributed by atoms with Crippen molar-refractivity contribution in [1.82, 2.24) is 0 Å². The zero-order valence-electron chi connectivity index (χ0n) is 36.5. The Bertz CT molecular complexity index is 2220. The van der Waals surface area contributed by atoms with Crippen molar-refractivity contribution in [2.75, 3.05) is 14.2 Å². The molecule has 7 heteroatoms. The molecule has 4 aromatic rings. The Hall–Kier alpha value is -5.50. The molecule has 2 atom stereocenters. The van der Waals surface area contributed by atoms with E-state index < -0.39 is 0 Å². The van der Waals surface area contributed by atoms with E-state index in [1.165, 1.54) is 96.8 Å². The number of esters is 2. The lowest BCUT2D eigenvalue weighted by atomic mass is 9.88. The molecule has 0 bridgehead atoms. The van der Waals surface area contributed by atoms with E-state index in [9.17, 15) is 14.7 Å². The van der Waals surface area contributed by atoms with Crippen LogP contribution in [0.15, 0.2) is 84.9 Å². The average molecular weight is 839 g/mol. The molecule has 0 radical (unpaired) electrons. The monoisotopic (exact) mass is 838 g/mol. The molecule has 328 valence electrons. The van der Waals surface area contributed by atoms with Gasteiger partial charge >= 0.3 is 11.9 Å². The van der Waals surface area contributed by atoms with Gasteiger partial charge in [0.1, 0.15) is 18.1 Å². The first kappa shape index (κ1) is 47.5. The van der Waals surface area contributed by atoms with Gasteiger partial charge in [0, 0.05) is 0 Å². The second-order valence-electron chi connectivity index (χ2n) is 17.0. The van der Waals surface area contributed by atoms with Gasteiger partial charge in [-0.05, 0) is 158 Å². The second kappa shape index (κ2) is 22.6. The van der Waals surface area contributed by atoms with E-state index in [1.807, 2.05) is 24.3 Å². The van der Waals surface area contributed by atoms with Crippen molar-refractivity contribution in [3.63, 3.8) is 0 Å². The first-order valence-corrected chi connectivity index (χ1v) is 22.0. The van der Waals surface area contributed by atoms with Crippen LogP contribution in [0.2, 0.25) is 0 Å². The maximum absolute atomic E-state index is 11.7. The molecule has 8 rings (SSSR count). The lowest BCUT2D eigenvalue weighted by molar-refractivity contribution is -0.141. The third-order valence-electron chi connectivity index (χ3n) is 12.9. The van der Waals surface area contributed by atoms with Gasteiger partial charge in [0.05, 0.1) is 45.5 Å². The Morgan fingerprint density at radius 2 is 1.08 bits per heavy atom. The topological polar surface area (TPSA) is 102 Å². The van der Waals surface area contributed by atoms with E-state index in [0.29, 0.717) is 17.4 Å². The number of methoxy groups -OCH3 is 2. The number of carbonyl (C=O) groups is 2. The fourth-order valence-electron chi connectivity index (χ4n) is 9.05. The normalized spacial score (nSPS) is 16.5. The quantitative estimate of drug-likeness (QED) is 0.121. The molecule has 0 aromatic heterocycles. The molecule has 62 heavy (non-hydrogen) atoms. The summed E-state index contributed by atoms with van der Waals surface area (Å²) in [5.74, 6) is 11.9. The van der Waals surface area contributed by atoms with Crippen molar-refractivity contribution in [3.05, 3.63) is 129 Å². The van der Waals surface area contributed by atoms with Crippen LogP contribution in [0.25, 0.3) is 0 Å². The van der Waals surface area contributed by atoms with Crippen molar-refractivity contribution < 1.29 is 34.0 Å². The molecule has 2 spiro atoms. The minimum absolute atomic E-state index is 0. The van der Waals surface area contributed by atoms with E-state index in [2.05, 4.69) is 64.8 Å². The zero-order chi connectivity index (χ0) is 43.2. The highest BCUT2D eigenvalue weighted by Crippen LogP contribution is 2.55. The molecule has 0 aliphatic heterocycles. The van der Waals surface area contributed by atoms with Crippen molar-refractivity contribution >= 4 is 11.9 Å². The van der Waals surface area contributed by atoms with Crippen LogP contribution in [0.5, 0.6) is 11.5 Å². The van der Waals surface area contributed by atoms with Crippen molar-refractivity contribution in [1.29, 1.82) is 0 Å². The molecule has 2 N–H and O–H groups in total. The largest absolute Gasteiger partial charge is 0.508 e. The van der Waals surface area contributed by atoms with Crippen molar-refractivity contribution in [2.24, 2.45) is 0 Å². The number of ether oxygens (including phenoxy) is 3. The molecule has 4 aromatic carbocycles. The first-order chi connectivity index (χ1) is 29.6. The number of hydrogen-bond donors (Lipinski definition) is 2. The lowest BCUT2D eigenvalue weighted by Crippen LogP contribution is -2.08. The summed E-state index contributed by atoms with van der Waals surface area (Å²) in [4.78, 5) is 22.9. The standard InChI is InChI=1S/C27H30O3.C14H18O.C13H14O3.CH4/c1-3-6-23(18-26(28)29-2)21-10-12-24(13-11-21)30-19-20-8-9-22-7-4-5-14-27(15-16-27)25(22)17-20;15-10-11-4-5-12-3-1-2-6-14(7-8-14)13(12)9-11;1-3-4-11(9-13(15)16-2)10-5-7-12(14)8-6-10;/h8-13,17,23H,4-5,7,14-16,18-19H2,1-2H3;4-5,9,15H,1-3,6-8,10H2;5-8,11,14H,9H2,1-2H3;1H4/t23-;;11-;/m0.0./s1. The van der Waals surface area contributed by atoms with E-state index in [1.54, 1.807) is 60.4 Å². The predicted molar refractivity (Wildman–Crippen MR) is 247 cm³/mol. The van der Waals surface area contributed by atoms with E-state index in [0.717, 1.165) is 22.4 Å². The Morgan fingerprint density at radius 3 is 1.52 bits per heavy atom. The molecule has 7 nitrogen and oxygen atoms in total. The third kappa shape index (κ3) is 12.5. The number of rotatable bonds is 10. The van der Waals surface area contributed by atoms with Crippen LogP contribution < -0.4 is 4.74 Å². The maximum atomic E-state index is 11.7. The van der Waals surface area contributed by atoms with Crippen LogP contribution in [0.1, 0.15) is 155 Å². The lowest BCUT2D eigenvalue weighted by Gasteiger charge is -2.18. The van der Waals surface area contributed by atoms with Gasteiger partial charge in [-0.2, -0.15) is 0 Å². The summed E-state index contributed by atoms with van der Waals surface area (Å²) in [5, 5.41) is 18.4. The molecule has 2 saturated carbocycles. The number of phenols is 1. The molecule has 0 saturated heterocycles. The maximum Gasteiger partial charge on any atom is 0.307 e. The van der Waals surface area contributed by atoms with Crippen LogP contribution >= 0.6 is 0 Å². The highest BCUT2D eigenvalue weighted by molar-refractivity contribution is 5.71. The summed E-state index contributed by atoms with van der Waals surface area (Å²) in [5.41, 5.74) is 11.5. The molecular weight excluding hydrogens is 773 g/mol. The number of aromatic hydroxyl groups is 1. The van der Waals surface area contributed by atoms with E-state index in [4.69, 9.17) is 14.6 Å². The van der Waals surface area contributed by atoms with Gasteiger partial charge < -0.3 is 24.4 Å². The van der Waals surface area contributed by atoms with Crippen LogP contribution in [-0.2, 0) is 55.9 Å². The van der Waals surface area contributed by atoms with Gasteiger partial charge in [-0.3, -0.25) is 9.59 Å². The average Bonchev–Trinajstić information content (AvgIpc) is 4.24. The molecule has 4 aliphatic carbocycles. The van der Waals surface area contributed by atoms with E-state index >= 15 is 0 Å². The Balaban J connectivity index is 0.000000191. The molecule has 0 heterocycles. The number of aryl methyl sites for hydroxylation is 2.